The van der Waals surface area contributed by atoms with Crippen molar-refractivity contribution < 1.29 is 13.9 Å². The molecule has 2 heterocycles. The Kier molecular flexibility index (Phi) is 6.86. The van der Waals surface area contributed by atoms with E-state index in [4.69, 9.17) is 4.74 Å². The van der Waals surface area contributed by atoms with Gasteiger partial charge < -0.3 is 14.5 Å². The number of fused-ring (bicyclic) bond motifs is 1. The summed E-state index contributed by atoms with van der Waals surface area (Å²) in [5, 5.41) is 0. The highest BCUT2D eigenvalue weighted by Crippen LogP contribution is 2.35. The Balaban J connectivity index is 1.37. The van der Waals surface area contributed by atoms with Crippen molar-refractivity contribution >= 4 is 17.4 Å². The van der Waals surface area contributed by atoms with Gasteiger partial charge in [0, 0.05) is 31.2 Å². The Morgan fingerprint density at radius 3 is 2.44 bits per heavy atom. The lowest BCUT2D eigenvalue weighted by Gasteiger charge is -2.44. The third kappa shape index (κ3) is 4.77. The maximum atomic E-state index is 14.6. The average molecular weight is 488 g/mol. The molecule has 188 valence electrons. The summed E-state index contributed by atoms with van der Waals surface area (Å²) in [6.45, 7) is 8.46. The molecule has 0 saturated carbocycles. The van der Waals surface area contributed by atoms with Gasteiger partial charge in [0.1, 0.15) is 11.6 Å². The van der Waals surface area contributed by atoms with Crippen LogP contribution in [0.1, 0.15) is 43.4 Å². The van der Waals surface area contributed by atoms with Gasteiger partial charge in [0.15, 0.2) is 0 Å². The summed E-state index contributed by atoms with van der Waals surface area (Å²) in [6.07, 6.45) is 1.67. The van der Waals surface area contributed by atoms with E-state index in [0.29, 0.717) is 18.8 Å². The summed E-state index contributed by atoms with van der Waals surface area (Å²) < 4.78 is 20.6. The van der Waals surface area contributed by atoms with Crippen LogP contribution in [0.4, 0.5) is 20.6 Å². The monoisotopic (exact) mass is 487 g/mol. The number of para-hydroxylation sites is 3. The van der Waals surface area contributed by atoms with Gasteiger partial charge in [-0.15, -0.1) is 0 Å². The van der Waals surface area contributed by atoms with Gasteiger partial charge in [0.05, 0.1) is 24.0 Å². The van der Waals surface area contributed by atoms with E-state index < -0.39 is 0 Å². The zero-order valence-corrected chi connectivity index (χ0v) is 21.3. The number of benzene rings is 3. The van der Waals surface area contributed by atoms with Gasteiger partial charge >= 0.3 is 6.03 Å². The highest BCUT2D eigenvalue weighted by atomic mass is 19.1. The van der Waals surface area contributed by atoms with Gasteiger partial charge in [-0.3, -0.25) is 4.90 Å². The van der Waals surface area contributed by atoms with E-state index in [1.807, 2.05) is 79.1 Å². The number of anilines is 2. The number of carbonyl (C=O) groups excluding carboxylic acids is 1. The molecule has 0 aliphatic carbocycles. The predicted molar refractivity (Wildman–Crippen MR) is 142 cm³/mol. The summed E-state index contributed by atoms with van der Waals surface area (Å²) >= 11 is 0. The first-order valence-electron chi connectivity index (χ1n) is 12.8. The topological polar surface area (TPSA) is 36.0 Å². The zero-order valence-electron chi connectivity index (χ0n) is 21.3. The zero-order chi connectivity index (χ0) is 25.2. The number of aryl methyl sites for hydroxylation is 1. The van der Waals surface area contributed by atoms with Gasteiger partial charge in [-0.2, -0.15) is 0 Å². The van der Waals surface area contributed by atoms with Gasteiger partial charge in [0.2, 0.25) is 0 Å². The van der Waals surface area contributed by atoms with E-state index in [-0.39, 0.29) is 24.0 Å². The van der Waals surface area contributed by atoms with Crippen LogP contribution in [0.5, 0.6) is 5.75 Å². The van der Waals surface area contributed by atoms with Crippen molar-refractivity contribution in [3.63, 3.8) is 0 Å². The Hall–Kier alpha value is -3.54. The predicted octanol–water partition coefficient (Wildman–Crippen LogP) is 6.53. The van der Waals surface area contributed by atoms with E-state index >= 15 is 0 Å². The van der Waals surface area contributed by atoms with Gasteiger partial charge in [0.25, 0.3) is 0 Å². The Labute approximate surface area is 213 Å². The SMILES string of the molecule is Cc1cccc(F)c1N1CCC(N2Cc3ccccc3N(Cc3ccccc3OC(C)C)C2=O)CC1. The van der Waals surface area contributed by atoms with Crippen LogP contribution in [0.15, 0.2) is 66.7 Å². The first-order valence-corrected chi connectivity index (χ1v) is 12.8. The maximum absolute atomic E-state index is 14.6. The minimum Gasteiger partial charge on any atom is -0.491 e. The molecular formula is C30H34FN3O2. The molecular weight excluding hydrogens is 453 g/mol. The van der Waals surface area contributed by atoms with Crippen LogP contribution in [0.2, 0.25) is 0 Å². The second kappa shape index (κ2) is 10.2. The molecule has 6 heteroatoms. The molecule has 0 atom stereocenters. The number of piperidine rings is 1. The summed E-state index contributed by atoms with van der Waals surface area (Å²) in [4.78, 5) is 19.9. The number of amides is 2. The van der Waals surface area contributed by atoms with E-state index in [1.165, 1.54) is 6.07 Å². The van der Waals surface area contributed by atoms with Crippen LogP contribution in [0, 0.1) is 12.7 Å². The van der Waals surface area contributed by atoms with Crippen LogP contribution in [0.25, 0.3) is 0 Å². The van der Waals surface area contributed by atoms with Crippen molar-refractivity contribution in [2.45, 2.75) is 58.8 Å². The number of carbonyl (C=O) groups is 1. The second-order valence-corrected chi connectivity index (χ2v) is 10.0. The highest BCUT2D eigenvalue weighted by Gasteiger charge is 2.36. The van der Waals surface area contributed by atoms with E-state index in [2.05, 4.69) is 11.0 Å². The maximum Gasteiger partial charge on any atom is 0.325 e. The minimum atomic E-state index is -0.176. The van der Waals surface area contributed by atoms with E-state index in [9.17, 15) is 9.18 Å². The molecule has 0 unspecified atom stereocenters. The van der Waals surface area contributed by atoms with Crippen LogP contribution >= 0.6 is 0 Å². The Morgan fingerprint density at radius 2 is 1.69 bits per heavy atom. The number of nitrogens with zero attached hydrogens (tertiary/aromatic N) is 3. The number of halogens is 1. The average Bonchev–Trinajstić information content (AvgIpc) is 2.87. The standard InChI is InChI=1S/C30H34FN3O2/c1-21(2)36-28-14-7-5-11-24(28)20-34-27-13-6-4-10-23(27)19-33(30(34)35)25-15-17-32(18-16-25)29-22(3)9-8-12-26(29)31/h4-14,21,25H,15-20H2,1-3H3. The lowest BCUT2D eigenvalue weighted by molar-refractivity contribution is 0.159. The van der Waals surface area contributed by atoms with Gasteiger partial charge in [-0.05, 0) is 62.9 Å². The fourth-order valence-electron chi connectivity index (χ4n) is 5.45. The molecule has 36 heavy (non-hydrogen) atoms. The van der Waals surface area contributed by atoms with E-state index in [1.54, 1.807) is 6.07 Å². The third-order valence-electron chi connectivity index (χ3n) is 7.17. The van der Waals surface area contributed by atoms with Crippen molar-refractivity contribution in [3.05, 3.63) is 89.2 Å². The number of rotatable bonds is 6. The van der Waals surface area contributed by atoms with Gasteiger partial charge in [-0.25, -0.2) is 9.18 Å². The molecule has 0 spiro atoms. The molecule has 1 fully saturated rings. The molecule has 2 aliphatic rings. The smallest absolute Gasteiger partial charge is 0.325 e. The fourth-order valence-corrected chi connectivity index (χ4v) is 5.45. The second-order valence-electron chi connectivity index (χ2n) is 10.0. The molecule has 0 radical (unpaired) electrons. The van der Waals surface area contributed by atoms with Crippen LogP contribution < -0.4 is 14.5 Å². The molecule has 5 rings (SSSR count). The molecule has 0 aromatic heterocycles. The largest absolute Gasteiger partial charge is 0.491 e. The lowest BCUT2D eigenvalue weighted by Crippen LogP contribution is -2.54. The molecule has 2 amide bonds. The number of ether oxygens (including phenoxy) is 1. The fraction of sp³-hybridized carbons (Fsp3) is 0.367. The van der Waals surface area contributed by atoms with Crippen molar-refractivity contribution in [1.82, 2.24) is 4.90 Å². The molecule has 3 aromatic rings. The van der Waals surface area contributed by atoms with Crippen molar-refractivity contribution in [3.8, 4) is 5.75 Å². The molecule has 3 aromatic carbocycles. The molecule has 2 aliphatic heterocycles. The number of urea groups is 1. The van der Waals surface area contributed by atoms with E-state index in [0.717, 1.165) is 54.1 Å². The van der Waals surface area contributed by atoms with Crippen LogP contribution in [-0.2, 0) is 13.1 Å². The summed E-state index contributed by atoms with van der Waals surface area (Å²) in [5.41, 5.74) is 4.73. The summed E-state index contributed by atoms with van der Waals surface area (Å²) in [6, 6.07) is 21.5. The minimum absolute atomic E-state index is 0.0218. The third-order valence-corrected chi connectivity index (χ3v) is 7.17. The Bertz CT molecular complexity index is 1220. The first kappa shape index (κ1) is 24.2. The highest BCUT2D eigenvalue weighted by molar-refractivity contribution is 5.95. The first-order chi connectivity index (χ1) is 17.4. The molecule has 0 bridgehead atoms. The Morgan fingerprint density at radius 1 is 0.972 bits per heavy atom. The van der Waals surface area contributed by atoms with Crippen LogP contribution in [-0.4, -0.2) is 36.2 Å². The normalized spacial score (nSPS) is 16.5. The van der Waals surface area contributed by atoms with Crippen molar-refractivity contribution in [2.24, 2.45) is 0 Å². The number of hydrogen-bond donors (Lipinski definition) is 0. The quantitative estimate of drug-likeness (QED) is 0.396. The summed E-state index contributed by atoms with van der Waals surface area (Å²) in [7, 11) is 0. The van der Waals surface area contributed by atoms with Crippen LogP contribution in [0.3, 0.4) is 0 Å². The molecule has 0 N–H and O–H groups in total. The van der Waals surface area contributed by atoms with Gasteiger partial charge in [-0.1, -0.05) is 48.5 Å². The molecule has 1 saturated heterocycles. The van der Waals surface area contributed by atoms with Crippen molar-refractivity contribution in [2.75, 3.05) is 22.9 Å². The van der Waals surface area contributed by atoms with Crippen molar-refractivity contribution in [1.29, 1.82) is 0 Å². The summed E-state index contributed by atoms with van der Waals surface area (Å²) in [5.74, 6) is 0.633. The molecule has 5 nitrogen and oxygen atoms in total. The number of hydrogen-bond acceptors (Lipinski definition) is 3. The lowest BCUT2D eigenvalue weighted by atomic mass is 9.99.